The van der Waals surface area contributed by atoms with Crippen molar-refractivity contribution in [3.05, 3.63) is 48.4 Å². The van der Waals surface area contributed by atoms with Gasteiger partial charge in [-0.25, -0.2) is 0 Å². The molecule has 0 saturated heterocycles. The van der Waals surface area contributed by atoms with Gasteiger partial charge in [-0.05, 0) is 50.3 Å². The summed E-state index contributed by atoms with van der Waals surface area (Å²) in [6.07, 6.45) is 1.85. The fourth-order valence-corrected chi connectivity index (χ4v) is 2.61. The van der Waals surface area contributed by atoms with Gasteiger partial charge in [0.05, 0.1) is 38.1 Å². The molecule has 6 nitrogen and oxygen atoms in total. The molecule has 0 radical (unpaired) electrons. The van der Waals surface area contributed by atoms with Gasteiger partial charge in [0.25, 0.3) is 0 Å². The molecular weight excluding hydrogens is 352 g/mol. The Kier molecular flexibility index (Phi) is 7.95. The minimum absolute atomic E-state index is 0.240. The number of esters is 1. The van der Waals surface area contributed by atoms with Crippen molar-refractivity contribution in [1.82, 2.24) is 4.90 Å². The molecule has 0 fully saturated rings. The predicted molar refractivity (Wildman–Crippen MR) is 104 cm³/mol. The van der Waals surface area contributed by atoms with E-state index in [0.29, 0.717) is 31.4 Å². The molecule has 26 heavy (non-hydrogen) atoms. The zero-order valence-corrected chi connectivity index (χ0v) is 15.9. The molecule has 1 N–H and O–H groups in total. The van der Waals surface area contributed by atoms with Crippen molar-refractivity contribution in [3.63, 3.8) is 0 Å². The second-order valence-electron chi connectivity index (χ2n) is 5.42. The van der Waals surface area contributed by atoms with Crippen LogP contribution in [0.2, 0.25) is 0 Å². The van der Waals surface area contributed by atoms with Crippen LogP contribution in [0.1, 0.15) is 26.0 Å². The molecule has 1 aromatic carbocycles. The summed E-state index contributed by atoms with van der Waals surface area (Å²) in [7, 11) is 0. The van der Waals surface area contributed by atoms with E-state index in [-0.39, 0.29) is 12.4 Å². The van der Waals surface area contributed by atoms with E-state index in [4.69, 9.17) is 26.1 Å². The van der Waals surface area contributed by atoms with Gasteiger partial charge in [0.2, 0.25) is 0 Å². The van der Waals surface area contributed by atoms with Gasteiger partial charge in [0, 0.05) is 6.54 Å². The van der Waals surface area contributed by atoms with E-state index in [1.165, 1.54) is 0 Å². The molecule has 1 aromatic heterocycles. The summed E-state index contributed by atoms with van der Waals surface area (Å²) < 4.78 is 16.0. The monoisotopic (exact) mass is 376 g/mol. The Hall–Kier alpha value is -2.54. The zero-order chi connectivity index (χ0) is 18.8. The molecule has 2 aromatic rings. The standard InChI is InChI=1S/C19H24N2O4S/c1-3-23-17-10-6-5-9-16(17)20-19(26)21(12-11-18(22)24-4-2)14-15-8-7-13-25-15/h5-10,13H,3-4,11-12,14H2,1-2H3,(H,20,26). The Morgan fingerprint density at radius 2 is 2.00 bits per heavy atom. The largest absolute Gasteiger partial charge is 0.492 e. The molecule has 7 heteroatoms. The number of anilines is 1. The molecule has 2 rings (SSSR count). The number of carbonyl (C=O) groups excluding carboxylic acids is 1. The summed E-state index contributed by atoms with van der Waals surface area (Å²) in [5.41, 5.74) is 0.778. The number of thiocarbonyl (C=S) groups is 1. The summed E-state index contributed by atoms with van der Waals surface area (Å²) in [5.74, 6) is 1.23. The van der Waals surface area contributed by atoms with Gasteiger partial charge in [0.15, 0.2) is 5.11 Å². The maximum atomic E-state index is 11.7. The van der Waals surface area contributed by atoms with E-state index in [2.05, 4.69) is 5.32 Å². The van der Waals surface area contributed by atoms with Crippen LogP contribution in [0, 0.1) is 0 Å². The number of ether oxygens (including phenoxy) is 2. The minimum Gasteiger partial charge on any atom is -0.492 e. The Morgan fingerprint density at radius 1 is 1.19 bits per heavy atom. The van der Waals surface area contributed by atoms with Crippen LogP contribution in [-0.2, 0) is 16.1 Å². The average Bonchev–Trinajstić information content (AvgIpc) is 3.14. The second-order valence-corrected chi connectivity index (χ2v) is 5.80. The van der Waals surface area contributed by atoms with E-state index in [9.17, 15) is 4.79 Å². The highest BCUT2D eigenvalue weighted by Crippen LogP contribution is 2.24. The number of rotatable bonds is 9. The van der Waals surface area contributed by atoms with Crippen molar-refractivity contribution < 1.29 is 18.7 Å². The zero-order valence-electron chi connectivity index (χ0n) is 15.1. The molecule has 0 aliphatic heterocycles. The van der Waals surface area contributed by atoms with Crippen LogP contribution in [-0.4, -0.2) is 35.7 Å². The molecule has 0 spiro atoms. The quantitative estimate of drug-likeness (QED) is 0.527. The van der Waals surface area contributed by atoms with E-state index >= 15 is 0 Å². The molecule has 0 aliphatic carbocycles. The van der Waals surface area contributed by atoms with Crippen LogP contribution < -0.4 is 10.1 Å². The van der Waals surface area contributed by atoms with Gasteiger partial charge in [-0.3, -0.25) is 4.79 Å². The van der Waals surface area contributed by atoms with Gasteiger partial charge < -0.3 is 24.1 Å². The second kappa shape index (κ2) is 10.5. The number of nitrogens with one attached hydrogen (secondary N) is 1. The minimum atomic E-state index is -0.255. The number of carbonyl (C=O) groups is 1. The van der Waals surface area contributed by atoms with Gasteiger partial charge in [-0.15, -0.1) is 0 Å². The first-order valence-electron chi connectivity index (χ1n) is 8.59. The van der Waals surface area contributed by atoms with E-state index < -0.39 is 0 Å². The van der Waals surface area contributed by atoms with Gasteiger partial charge >= 0.3 is 5.97 Å². The molecular formula is C19H24N2O4S. The van der Waals surface area contributed by atoms with Crippen LogP contribution >= 0.6 is 12.2 Å². The summed E-state index contributed by atoms with van der Waals surface area (Å²) in [5, 5.41) is 3.69. The van der Waals surface area contributed by atoms with Crippen molar-refractivity contribution in [2.75, 3.05) is 25.1 Å². The lowest BCUT2D eigenvalue weighted by Crippen LogP contribution is -2.36. The molecule has 0 amide bonds. The molecule has 0 bridgehead atoms. The number of nitrogens with zero attached hydrogens (tertiary/aromatic N) is 1. The van der Waals surface area contributed by atoms with E-state index in [1.54, 1.807) is 13.2 Å². The number of furan rings is 1. The Labute approximate surface area is 159 Å². The van der Waals surface area contributed by atoms with Gasteiger partial charge in [0.1, 0.15) is 11.5 Å². The third kappa shape index (κ3) is 6.07. The number of benzene rings is 1. The fourth-order valence-electron chi connectivity index (χ4n) is 2.35. The lowest BCUT2D eigenvalue weighted by atomic mass is 10.3. The highest BCUT2D eigenvalue weighted by atomic mass is 32.1. The SMILES string of the molecule is CCOC(=O)CCN(Cc1ccco1)C(=S)Nc1ccccc1OCC. The van der Waals surface area contributed by atoms with Crippen molar-refractivity contribution in [2.45, 2.75) is 26.8 Å². The van der Waals surface area contributed by atoms with Crippen molar-refractivity contribution in [2.24, 2.45) is 0 Å². The molecule has 0 atom stereocenters. The van der Waals surface area contributed by atoms with Crippen LogP contribution in [0.15, 0.2) is 47.1 Å². The Balaban J connectivity index is 2.07. The highest BCUT2D eigenvalue weighted by Gasteiger charge is 2.16. The van der Waals surface area contributed by atoms with Crippen LogP contribution in [0.3, 0.4) is 0 Å². The maximum absolute atomic E-state index is 11.7. The number of hydrogen-bond acceptors (Lipinski definition) is 5. The Morgan fingerprint density at radius 3 is 2.69 bits per heavy atom. The first-order chi connectivity index (χ1) is 12.6. The predicted octanol–water partition coefficient (Wildman–Crippen LogP) is 3.83. The fraction of sp³-hybridized carbons (Fsp3) is 0.368. The maximum Gasteiger partial charge on any atom is 0.307 e. The third-order valence-corrected chi connectivity index (χ3v) is 3.89. The summed E-state index contributed by atoms with van der Waals surface area (Å²) >= 11 is 5.56. The van der Waals surface area contributed by atoms with E-state index in [0.717, 1.165) is 17.2 Å². The normalized spacial score (nSPS) is 10.2. The van der Waals surface area contributed by atoms with Crippen molar-refractivity contribution >= 4 is 29.0 Å². The summed E-state index contributed by atoms with van der Waals surface area (Å²) in [6, 6.07) is 11.3. The molecule has 140 valence electrons. The number of para-hydroxylation sites is 2. The lowest BCUT2D eigenvalue weighted by Gasteiger charge is -2.25. The highest BCUT2D eigenvalue weighted by molar-refractivity contribution is 7.80. The van der Waals surface area contributed by atoms with Crippen LogP contribution in [0.4, 0.5) is 5.69 Å². The summed E-state index contributed by atoms with van der Waals surface area (Å²) in [4.78, 5) is 13.6. The average molecular weight is 376 g/mol. The molecule has 0 aliphatic rings. The molecule has 0 unspecified atom stereocenters. The molecule has 0 saturated carbocycles. The van der Waals surface area contributed by atoms with E-state index in [1.807, 2.05) is 48.2 Å². The van der Waals surface area contributed by atoms with Gasteiger partial charge in [-0.2, -0.15) is 0 Å². The Bertz CT molecular complexity index is 703. The van der Waals surface area contributed by atoms with Gasteiger partial charge in [-0.1, -0.05) is 12.1 Å². The van der Waals surface area contributed by atoms with Crippen molar-refractivity contribution in [3.8, 4) is 5.75 Å². The topological polar surface area (TPSA) is 63.9 Å². The molecule has 1 heterocycles. The number of hydrogen-bond donors (Lipinski definition) is 1. The lowest BCUT2D eigenvalue weighted by molar-refractivity contribution is -0.143. The third-order valence-electron chi connectivity index (χ3n) is 3.53. The summed E-state index contributed by atoms with van der Waals surface area (Å²) in [6.45, 7) is 5.51. The first-order valence-corrected chi connectivity index (χ1v) is 9.00. The van der Waals surface area contributed by atoms with Crippen LogP contribution in [0.5, 0.6) is 5.75 Å². The van der Waals surface area contributed by atoms with Crippen LogP contribution in [0.25, 0.3) is 0 Å². The smallest absolute Gasteiger partial charge is 0.307 e. The van der Waals surface area contributed by atoms with Crippen molar-refractivity contribution in [1.29, 1.82) is 0 Å². The first kappa shape index (κ1) is 19.8.